The summed E-state index contributed by atoms with van der Waals surface area (Å²) in [6, 6.07) is 12.7. The van der Waals surface area contributed by atoms with Crippen LogP contribution >= 0.6 is 0 Å². The number of para-hydroxylation sites is 1. The van der Waals surface area contributed by atoms with Crippen molar-refractivity contribution in [1.82, 2.24) is 0 Å². The largest absolute Gasteiger partial charge is 0.456 e. The summed E-state index contributed by atoms with van der Waals surface area (Å²) in [6.07, 6.45) is 0. The average molecular weight is 224 g/mol. The molecule has 0 radical (unpaired) electrons. The number of furan rings is 1. The summed E-state index contributed by atoms with van der Waals surface area (Å²) in [5.74, 6) is 0.514. The van der Waals surface area contributed by atoms with E-state index in [0.717, 1.165) is 11.2 Å². The molecule has 0 bridgehead atoms. The zero-order chi connectivity index (χ0) is 12.0. The third-order valence-electron chi connectivity index (χ3n) is 3.37. The zero-order valence-electron chi connectivity index (χ0n) is 10.4. The second-order valence-electron chi connectivity index (χ2n) is 4.93. The molecule has 1 aromatic heterocycles. The van der Waals surface area contributed by atoms with Crippen molar-refractivity contribution in [1.29, 1.82) is 0 Å². The van der Waals surface area contributed by atoms with Crippen LogP contribution in [0.4, 0.5) is 0 Å². The minimum atomic E-state index is 0.514. The van der Waals surface area contributed by atoms with E-state index < -0.39 is 0 Å². The van der Waals surface area contributed by atoms with Crippen molar-refractivity contribution >= 4 is 21.9 Å². The second kappa shape index (κ2) is 3.63. The van der Waals surface area contributed by atoms with Gasteiger partial charge in [0, 0.05) is 10.8 Å². The van der Waals surface area contributed by atoms with Gasteiger partial charge in [0.2, 0.25) is 0 Å². The van der Waals surface area contributed by atoms with Crippen LogP contribution in [-0.2, 0) is 0 Å². The first-order valence-corrected chi connectivity index (χ1v) is 6.09. The van der Waals surface area contributed by atoms with E-state index >= 15 is 0 Å². The lowest BCUT2D eigenvalue weighted by Gasteiger charge is -2.06. The Labute approximate surface area is 101 Å². The molecule has 3 aromatic rings. The van der Waals surface area contributed by atoms with Crippen molar-refractivity contribution in [2.24, 2.45) is 0 Å². The molecule has 0 saturated heterocycles. The van der Waals surface area contributed by atoms with Crippen molar-refractivity contribution in [3.63, 3.8) is 0 Å². The van der Waals surface area contributed by atoms with Crippen LogP contribution in [0, 0.1) is 6.92 Å². The summed E-state index contributed by atoms with van der Waals surface area (Å²) in [6.45, 7) is 6.55. The molecule has 0 atom stereocenters. The Kier molecular flexibility index (Phi) is 2.22. The van der Waals surface area contributed by atoms with E-state index in [9.17, 15) is 0 Å². The van der Waals surface area contributed by atoms with Gasteiger partial charge in [-0.15, -0.1) is 0 Å². The van der Waals surface area contributed by atoms with Crippen LogP contribution in [0.1, 0.15) is 30.9 Å². The molecule has 0 amide bonds. The number of rotatable bonds is 1. The van der Waals surface area contributed by atoms with Gasteiger partial charge in [0.15, 0.2) is 0 Å². The SMILES string of the molecule is Cc1cccc2c1oc1cccc(C(C)C)c12. The van der Waals surface area contributed by atoms with Gasteiger partial charge in [-0.25, -0.2) is 0 Å². The second-order valence-corrected chi connectivity index (χ2v) is 4.93. The summed E-state index contributed by atoms with van der Waals surface area (Å²) in [5.41, 5.74) is 4.59. The quantitative estimate of drug-likeness (QED) is 0.565. The van der Waals surface area contributed by atoms with Crippen LogP contribution in [0.3, 0.4) is 0 Å². The molecule has 0 aliphatic carbocycles. The highest BCUT2D eigenvalue weighted by molar-refractivity contribution is 6.07. The van der Waals surface area contributed by atoms with Crippen molar-refractivity contribution in [2.75, 3.05) is 0 Å². The number of benzene rings is 2. The monoisotopic (exact) mass is 224 g/mol. The Bertz CT molecular complexity index is 689. The summed E-state index contributed by atoms with van der Waals surface area (Å²) in [4.78, 5) is 0. The van der Waals surface area contributed by atoms with E-state index in [1.807, 2.05) is 0 Å². The lowest BCUT2D eigenvalue weighted by atomic mass is 9.97. The zero-order valence-corrected chi connectivity index (χ0v) is 10.4. The Morgan fingerprint density at radius 2 is 1.76 bits per heavy atom. The molecule has 1 nitrogen and oxygen atoms in total. The van der Waals surface area contributed by atoms with Crippen LogP contribution in [0.25, 0.3) is 21.9 Å². The molecule has 86 valence electrons. The van der Waals surface area contributed by atoms with Crippen molar-refractivity contribution in [3.05, 3.63) is 47.5 Å². The van der Waals surface area contributed by atoms with E-state index in [2.05, 4.69) is 57.2 Å². The Hall–Kier alpha value is -1.76. The van der Waals surface area contributed by atoms with E-state index in [4.69, 9.17) is 4.42 Å². The number of fused-ring (bicyclic) bond motifs is 3. The predicted molar refractivity (Wildman–Crippen MR) is 72.5 cm³/mol. The van der Waals surface area contributed by atoms with E-state index in [1.165, 1.54) is 21.9 Å². The van der Waals surface area contributed by atoms with Crippen LogP contribution in [-0.4, -0.2) is 0 Å². The fourth-order valence-electron chi connectivity index (χ4n) is 2.50. The number of hydrogen-bond donors (Lipinski definition) is 0. The minimum Gasteiger partial charge on any atom is -0.456 e. The van der Waals surface area contributed by atoms with Gasteiger partial charge in [0.25, 0.3) is 0 Å². The number of aryl methyl sites for hydroxylation is 1. The first kappa shape index (κ1) is 10.4. The van der Waals surface area contributed by atoms with Gasteiger partial charge in [-0.3, -0.25) is 0 Å². The molecule has 1 heterocycles. The lowest BCUT2D eigenvalue weighted by molar-refractivity contribution is 0.665. The first-order valence-electron chi connectivity index (χ1n) is 6.09. The first-order chi connectivity index (χ1) is 8.18. The van der Waals surface area contributed by atoms with Gasteiger partial charge in [-0.1, -0.05) is 44.2 Å². The van der Waals surface area contributed by atoms with Gasteiger partial charge >= 0.3 is 0 Å². The molecule has 0 unspecified atom stereocenters. The van der Waals surface area contributed by atoms with Crippen LogP contribution in [0.2, 0.25) is 0 Å². The molecule has 2 aromatic carbocycles. The highest BCUT2D eigenvalue weighted by Crippen LogP contribution is 2.35. The summed E-state index contributed by atoms with van der Waals surface area (Å²) < 4.78 is 5.97. The van der Waals surface area contributed by atoms with Crippen LogP contribution < -0.4 is 0 Å². The van der Waals surface area contributed by atoms with E-state index in [1.54, 1.807) is 0 Å². The third kappa shape index (κ3) is 1.46. The maximum atomic E-state index is 5.97. The Morgan fingerprint density at radius 1 is 1.00 bits per heavy atom. The molecule has 0 saturated carbocycles. The molecule has 0 aliphatic heterocycles. The Morgan fingerprint density at radius 3 is 2.53 bits per heavy atom. The fourth-order valence-corrected chi connectivity index (χ4v) is 2.50. The molecular formula is C16H16O. The maximum absolute atomic E-state index is 5.97. The van der Waals surface area contributed by atoms with E-state index in [-0.39, 0.29) is 0 Å². The van der Waals surface area contributed by atoms with Gasteiger partial charge in [-0.05, 0) is 30.0 Å². The van der Waals surface area contributed by atoms with Crippen LogP contribution in [0.5, 0.6) is 0 Å². The summed E-state index contributed by atoms with van der Waals surface area (Å²) in [7, 11) is 0. The molecule has 0 spiro atoms. The van der Waals surface area contributed by atoms with Gasteiger partial charge < -0.3 is 4.42 Å². The molecule has 0 aliphatic rings. The molecular weight excluding hydrogens is 208 g/mol. The van der Waals surface area contributed by atoms with E-state index in [0.29, 0.717) is 5.92 Å². The van der Waals surface area contributed by atoms with Crippen LogP contribution in [0.15, 0.2) is 40.8 Å². The van der Waals surface area contributed by atoms with Crippen molar-refractivity contribution in [3.8, 4) is 0 Å². The normalized spacial score (nSPS) is 11.8. The van der Waals surface area contributed by atoms with Crippen molar-refractivity contribution < 1.29 is 4.42 Å². The van der Waals surface area contributed by atoms with Crippen molar-refractivity contribution in [2.45, 2.75) is 26.7 Å². The fraction of sp³-hybridized carbons (Fsp3) is 0.250. The molecule has 17 heavy (non-hydrogen) atoms. The number of hydrogen-bond acceptors (Lipinski definition) is 1. The standard InChI is InChI=1S/C16H16O/c1-10(2)12-7-5-9-14-15(12)13-8-4-6-11(3)16(13)17-14/h4-10H,1-3H3. The molecule has 0 fully saturated rings. The highest BCUT2D eigenvalue weighted by Gasteiger charge is 2.13. The average Bonchev–Trinajstić information content (AvgIpc) is 2.69. The summed E-state index contributed by atoms with van der Waals surface area (Å²) >= 11 is 0. The molecule has 3 rings (SSSR count). The van der Waals surface area contributed by atoms with Gasteiger partial charge in [-0.2, -0.15) is 0 Å². The molecule has 1 heteroatoms. The minimum absolute atomic E-state index is 0.514. The topological polar surface area (TPSA) is 13.1 Å². The Balaban J connectivity index is 2.54. The summed E-state index contributed by atoms with van der Waals surface area (Å²) in [5, 5.41) is 2.52. The maximum Gasteiger partial charge on any atom is 0.138 e. The smallest absolute Gasteiger partial charge is 0.138 e. The third-order valence-corrected chi connectivity index (χ3v) is 3.37. The van der Waals surface area contributed by atoms with Gasteiger partial charge in [0.1, 0.15) is 11.2 Å². The molecule has 0 N–H and O–H groups in total. The highest BCUT2D eigenvalue weighted by atomic mass is 16.3. The van der Waals surface area contributed by atoms with Gasteiger partial charge in [0.05, 0.1) is 0 Å². The lowest BCUT2D eigenvalue weighted by Crippen LogP contribution is -1.87. The predicted octanol–water partition coefficient (Wildman–Crippen LogP) is 5.02.